The first kappa shape index (κ1) is 44.1. The second-order valence-corrected chi connectivity index (χ2v) is 29.4. The van der Waals surface area contributed by atoms with Gasteiger partial charge in [-0.1, -0.05) is 91.0 Å². The minimum Gasteiger partial charge on any atom is -0.468 e. The highest BCUT2D eigenvalue weighted by molar-refractivity contribution is 7.98. The van der Waals surface area contributed by atoms with E-state index in [1.807, 2.05) is 48.1 Å². The van der Waals surface area contributed by atoms with Crippen LogP contribution in [0.25, 0.3) is 44.0 Å². The zero-order valence-electron chi connectivity index (χ0n) is 36.7. The molecule has 0 amide bonds. The van der Waals surface area contributed by atoms with Crippen LogP contribution in [0, 0.1) is 18.4 Å². The summed E-state index contributed by atoms with van der Waals surface area (Å²) in [5, 5.41) is 7.11. The first-order chi connectivity index (χ1) is 28.1. The zero-order valence-corrected chi connectivity index (χ0v) is 39.5. The highest BCUT2D eigenvalue weighted by atomic mass is 32.2. The second-order valence-electron chi connectivity index (χ2n) is 17.4. The SMILES string of the molecule is COCOc1cc(-c2oc(=O)c3c(NCc4cn(COCC[Si](C)(C)C)c5ncccc45)nc(SC)nc3c2C)c2c(C#C[Si](C(C)C)(C(C)C)C(C)C)cccc2c1. The minimum atomic E-state index is -2.07. The molecule has 2 aromatic carbocycles. The second kappa shape index (κ2) is 18.4. The largest absolute Gasteiger partial charge is 0.468 e. The number of ether oxygens (including phenoxy) is 3. The molecule has 0 saturated carbocycles. The van der Waals surface area contributed by atoms with Crippen LogP contribution in [-0.2, 0) is 22.7 Å². The Bertz CT molecular complexity index is 2560. The van der Waals surface area contributed by atoms with E-state index in [2.05, 4.69) is 101 Å². The number of anilines is 1. The summed E-state index contributed by atoms with van der Waals surface area (Å²) in [7, 11) is -1.70. The Morgan fingerprint density at radius 1 is 0.983 bits per heavy atom. The Morgan fingerprint density at radius 2 is 1.73 bits per heavy atom. The van der Waals surface area contributed by atoms with Gasteiger partial charge in [0, 0.05) is 68.2 Å². The summed E-state index contributed by atoms with van der Waals surface area (Å²) in [4.78, 5) is 28.7. The van der Waals surface area contributed by atoms with Crippen LogP contribution in [0.15, 0.2) is 69.2 Å². The molecule has 0 bridgehead atoms. The van der Waals surface area contributed by atoms with Gasteiger partial charge >= 0.3 is 5.63 Å². The monoisotopic (exact) mass is 849 g/mol. The van der Waals surface area contributed by atoms with Crippen molar-refractivity contribution in [1.29, 1.82) is 0 Å². The van der Waals surface area contributed by atoms with E-state index in [0.717, 1.165) is 39.0 Å². The van der Waals surface area contributed by atoms with Gasteiger partial charge in [0.25, 0.3) is 0 Å². The molecule has 0 aliphatic heterocycles. The van der Waals surface area contributed by atoms with Crippen molar-refractivity contribution in [3.8, 4) is 28.5 Å². The molecule has 13 heteroatoms. The molecule has 6 rings (SSSR count). The van der Waals surface area contributed by atoms with Crippen molar-refractivity contribution in [3.05, 3.63) is 82.0 Å². The molecular formula is C46H59N5O5SSi2. The molecule has 0 radical (unpaired) electrons. The lowest BCUT2D eigenvalue weighted by Gasteiger charge is -2.38. The number of nitrogens with zero attached hydrogens (tertiary/aromatic N) is 4. The first-order valence-corrected chi connectivity index (χ1v) is 27.6. The number of aromatic nitrogens is 4. The highest BCUT2D eigenvalue weighted by Gasteiger charge is 2.41. The average Bonchev–Trinajstić information content (AvgIpc) is 3.55. The van der Waals surface area contributed by atoms with Gasteiger partial charge in [0.1, 0.15) is 43.2 Å². The predicted octanol–water partition coefficient (Wildman–Crippen LogP) is 11.3. The van der Waals surface area contributed by atoms with Crippen molar-refractivity contribution in [2.45, 2.75) is 109 Å². The summed E-state index contributed by atoms with van der Waals surface area (Å²) in [5.41, 5.74) is 9.43. The fraction of sp³-hybridized carbons (Fsp3) is 0.435. The van der Waals surface area contributed by atoms with E-state index in [9.17, 15) is 4.79 Å². The maximum Gasteiger partial charge on any atom is 0.349 e. The van der Waals surface area contributed by atoms with Crippen LogP contribution in [0.4, 0.5) is 5.82 Å². The van der Waals surface area contributed by atoms with Crippen LogP contribution in [-0.4, -0.2) is 62.4 Å². The lowest BCUT2D eigenvalue weighted by atomic mass is 9.95. The molecular weight excluding hydrogens is 791 g/mol. The van der Waals surface area contributed by atoms with Crippen LogP contribution < -0.4 is 15.7 Å². The van der Waals surface area contributed by atoms with Crippen LogP contribution >= 0.6 is 11.8 Å². The summed E-state index contributed by atoms with van der Waals surface area (Å²) >= 11 is 1.42. The molecule has 10 nitrogen and oxygen atoms in total. The molecule has 0 aliphatic rings. The Hall–Kier alpha value is -4.46. The number of rotatable bonds is 16. The Kier molecular flexibility index (Phi) is 13.8. The molecule has 4 aromatic heterocycles. The van der Waals surface area contributed by atoms with E-state index in [4.69, 9.17) is 28.6 Å². The van der Waals surface area contributed by atoms with Gasteiger partial charge in [0.15, 0.2) is 11.9 Å². The topological polar surface area (TPSA) is 114 Å². The number of hydrogen-bond donors (Lipinski definition) is 1. The number of thioether (sulfide) groups is 1. The van der Waals surface area contributed by atoms with Gasteiger partial charge in [0.2, 0.25) is 0 Å². The fourth-order valence-electron chi connectivity index (χ4n) is 8.37. The Labute approximate surface area is 354 Å². The van der Waals surface area contributed by atoms with E-state index in [0.29, 0.717) is 81.0 Å². The fourth-order valence-corrected chi connectivity index (χ4v) is 14.7. The van der Waals surface area contributed by atoms with Crippen LogP contribution in [0.5, 0.6) is 5.75 Å². The van der Waals surface area contributed by atoms with E-state index >= 15 is 0 Å². The van der Waals surface area contributed by atoms with Gasteiger partial charge in [-0.2, -0.15) is 0 Å². The third-order valence-electron chi connectivity index (χ3n) is 11.4. The molecule has 0 aliphatic carbocycles. The molecule has 0 spiro atoms. The van der Waals surface area contributed by atoms with Crippen LogP contribution in [0.2, 0.25) is 42.3 Å². The quantitative estimate of drug-likeness (QED) is 0.0252. The van der Waals surface area contributed by atoms with E-state index in [1.165, 1.54) is 11.8 Å². The van der Waals surface area contributed by atoms with Gasteiger partial charge in [-0.3, -0.25) is 0 Å². The summed E-state index contributed by atoms with van der Waals surface area (Å²) in [6, 6.07) is 15.1. The molecule has 0 saturated heterocycles. The van der Waals surface area contributed by atoms with Crippen LogP contribution in [0.1, 0.15) is 58.2 Å². The van der Waals surface area contributed by atoms with Gasteiger partial charge in [-0.15, -0.1) is 5.54 Å². The molecule has 59 heavy (non-hydrogen) atoms. The number of aryl methyl sites for hydroxylation is 1. The van der Waals surface area contributed by atoms with Crippen molar-refractivity contribution >= 4 is 66.4 Å². The molecule has 0 unspecified atom stereocenters. The summed E-state index contributed by atoms with van der Waals surface area (Å²) < 4.78 is 25.8. The van der Waals surface area contributed by atoms with Crippen molar-refractivity contribution in [2.75, 3.05) is 32.1 Å². The minimum absolute atomic E-state index is 0.0655. The van der Waals surface area contributed by atoms with E-state index in [1.54, 1.807) is 13.3 Å². The Balaban J connectivity index is 1.47. The molecule has 1 N–H and O–H groups in total. The summed E-state index contributed by atoms with van der Waals surface area (Å²) in [6.45, 7) is 24.5. The van der Waals surface area contributed by atoms with Gasteiger partial charge in [0.05, 0.1) is 5.52 Å². The van der Waals surface area contributed by atoms with Crippen LogP contribution in [0.3, 0.4) is 0 Å². The Morgan fingerprint density at radius 3 is 2.41 bits per heavy atom. The maximum absolute atomic E-state index is 14.4. The van der Waals surface area contributed by atoms with Crippen molar-refractivity contribution in [2.24, 2.45) is 0 Å². The number of benzene rings is 2. The average molecular weight is 850 g/mol. The predicted molar refractivity (Wildman–Crippen MR) is 249 cm³/mol. The summed E-state index contributed by atoms with van der Waals surface area (Å²) in [5.74, 6) is 5.08. The molecule has 312 valence electrons. The van der Waals surface area contributed by atoms with E-state index < -0.39 is 21.8 Å². The lowest BCUT2D eigenvalue weighted by molar-refractivity contribution is 0.0512. The standard InChI is InChI=1S/C46H59N5O5SSi2/c1-29(2)59(30(3)4,31(5)6)21-18-33-15-13-16-34-23-36(55-28-53-8)24-38(39(33)34)42-32(7)41-40(45(52)56-42)43(50-46(49-41)57-9)48-25-35-26-51(27-54-20-22-58(10,11)12)44-37(35)17-14-19-47-44/h13-17,19,23-24,26,29-31H,20,22,25,27-28H2,1-12H3,(H,48,49,50). The molecule has 0 atom stereocenters. The number of nitrogens with one attached hydrogen (secondary N) is 1. The van der Waals surface area contributed by atoms with Gasteiger partial charge in [-0.25, -0.2) is 19.7 Å². The van der Waals surface area contributed by atoms with Gasteiger partial charge in [-0.05, 0) is 77.1 Å². The molecule has 4 heterocycles. The van der Waals surface area contributed by atoms with Gasteiger partial charge < -0.3 is 28.5 Å². The first-order valence-electron chi connectivity index (χ1n) is 20.4. The van der Waals surface area contributed by atoms with Crippen molar-refractivity contribution in [3.63, 3.8) is 0 Å². The lowest BCUT2D eigenvalue weighted by Crippen LogP contribution is -2.43. The third kappa shape index (κ3) is 9.32. The zero-order chi connectivity index (χ0) is 42.6. The van der Waals surface area contributed by atoms with Crippen molar-refractivity contribution in [1.82, 2.24) is 19.5 Å². The smallest absolute Gasteiger partial charge is 0.349 e. The third-order valence-corrected chi connectivity index (χ3v) is 19.9. The number of pyridine rings is 1. The molecule has 0 fully saturated rings. The number of hydrogen-bond acceptors (Lipinski definition) is 10. The highest BCUT2D eigenvalue weighted by Crippen LogP contribution is 2.42. The van der Waals surface area contributed by atoms with E-state index in [-0.39, 0.29) is 6.79 Å². The molecule has 6 aromatic rings. The van der Waals surface area contributed by atoms with Crippen molar-refractivity contribution < 1.29 is 18.6 Å². The normalized spacial score (nSPS) is 12.3. The summed E-state index contributed by atoms with van der Waals surface area (Å²) in [6.07, 6.45) is 5.78. The number of methoxy groups -OCH3 is 1. The number of fused-ring (bicyclic) bond motifs is 3. The maximum atomic E-state index is 14.4.